The average molecular weight is 553 g/mol. The summed E-state index contributed by atoms with van der Waals surface area (Å²) in [7, 11) is 0. The van der Waals surface area contributed by atoms with Gasteiger partial charge in [0.1, 0.15) is 24.2 Å². The standard InChI is InChI=1S/C26H48N8O5/c1-6-11-18(31-17(5)35)22(36)33-21(16(4)7-2)24(38)32-19(12-9-14-30-26(27)28)25(39)34-15-10-13-20(34)23(37)29-8-3/h16,18-21H,6-15H2,1-5H3,(H,29,37)(H,31,35)(H,32,38)(H,33,36)(H4,27,28,30)/t16-,18+,19-,20-,21-/m0/s1. The fourth-order valence-corrected chi connectivity index (χ4v) is 4.58. The van der Waals surface area contributed by atoms with Crippen molar-refractivity contribution in [3.8, 4) is 0 Å². The van der Waals surface area contributed by atoms with Crippen LogP contribution in [0.2, 0.25) is 0 Å². The molecule has 1 rings (SSSR count). The third-order valence-corrected chi connectivity index (χ3v) is 6.81. The van der Waals surface area contributed by atoms with Gasteiger partial charge < -0.3 is 37.6 Å². The minimum Gasteiger partial charge on any atom is -0.370 e. The second-order valence-corrected chi connectivity index (χ2v) is 10.0. The number of nitrogens with one attached hydrogen (secondary N) is 4. The van der Waals surface area contributed by atoms with Crippen LogP contribution in [-0.4, -0.2) is 84.2 Å². The molecule has 8 N–H and O–H groups in total. The molecule has 0 saturated carbocycles. The maximum Gasteiger partial charge on any atom is 0.245 e. The molecule has 5 atom stereocenters. The number of nitrogens with two attached hydrogens (primary N) is 2. The van der Waals surface area contributed by atoms with Crippen LogP contribution in [0, 0.1) is 5.92 Å². The van der Waals surface area contributed by atoms with Crippen LogP contribution in [0.5, 0.6) is 0 Å². The van der Waals surface area contributed by atoms with E-state index in [0.717, 1.165) is 0 Å². The van der Waals surface area contributed by atoms with Crippen molar-refractivity contribution in [2.45, 2.75) is 104 Å². The van der Waals surface area contributed by atoms with E-state index in [9.17, 15) is 24.0 Å². The summed E-state index contributed by atoms with van der Waals surface area (Å²) in [6.07, 6.45) is 3.54. The van der Waals surface area contributed by atoms with Gasteiger partial charge >= 0.3 is 0 Å². The van der Waals surface area contributed by atoms with Crippen molar-refractivity contribution >= 4 is 35.5 Å². The van der Waals surface area contributed by atoms with E-state index in [1.54, 1.807) is 0 Å². The highest BCUT2D eigenvalue weighted by Crippen LogP contribution is 2.20. The molecule has 1 aliphatic rings. The maximum atomic E-state index is 13.6. The van der Waals surface area contributed by atoms with Crippen molar-refractivity contribution in [3.63, 3.8) is 0 Å². The highest BCUT2D eigenvalue weighted by molar-refractivity contribution is 5.95. The molecule has 13 nitrogen and oxygen atoms in total. The molecular weight excluding hydrogens is 504 g/mol. The number of likely N-dealkylation sites (tertiary alicyclic amines) is 1. The predicted molar refractivity (Wildman–Crippen MR) is 149 cm³/mol. The Labute approximate surface area is 231 Å². The molecule has 1 saturated heterocycles. The van der Waals surface area contributed by atoms with Crippen LogP contribution in [0.4, 0.5) is 0 Å². The van der Waals surface area contributed by atoms with Gasteiger partial charge in [0.2, 0.25) is 29.5 Å². The molecule has 0 aromatic carbocycles. The van der Waals surface area contributed by atoms with Crippen LogP contribution in [-0.2, 0) is 24.0 Å². The molecule has 0 unspecified atom stereocenters. The number of amides is 5. The van der Waals surface area contributed by atoms with Crippen molar-refractivity contribution in [1.29, 1.82) is 0 Å². The smallest absolute Gasteiger partial charge is 0.245 e. The van der Waals surface area contributed by atoms with Crippen LogP contribution >= 0.6 is 0 Å². The second-order valence-electron chi connectivity index (χ2n) is 10.0. The zero-order valence-corrected chi connectivity index (χ0v) is 24.0. The highest BCUT2D eigenvalue weighted by Gasteiger charge is 2.38. The first-order valence-corrected chi connectivity index (χ1v) is 14.0. The zero-order valence-electron chi connectivity index (χ0n) is 24.0. The number of rotatable bonds is 16. The normalized spacial score (nSPS) is 17.8. The fourth-order valence-electron chi connectivity index (χ4n) is 4.58. The molecule has 1 heterocycles. The first kappa shape index (κ1) is 33.6. The Morgan fingerprint density at radius 1 is 0.974 bits per heavy atom. The quantitative estimate of drug-likeness (QED) is 0.0840. The van der Waals surface area contributed by atoms with E-state index in [1.807, 2.05) is 27.7 Å². The number of aliphatic imine (C=N–C) groups is 1. The van der Waals surface area contributed by atoms with Crippen LogP contribution in [0.3, 0.4) is 0 Å². The Kier molecular flexibility index (Phi) is 14.9. The lowest BCUT2D eigenvalue weighted by atomic mass is 9.96. The number of carbonyl (C=O) groups excluding carboxylic acids is 5. The van der Waals surface area contributed by atoms with Gasteiger partial charge in [0.05, 0.1) is 0 Å². The number of guanidine groups is 1. The summed E-state index contributed by atoms with van der Waals surface area (Å²) >= 11 is 0. The fraction of sp³-hybridized carbons (Fsp3) is 0.769. The number of hydrogen-bond acceptors (Lipinski definition) is 6. The average Bonchev–Trinajstić information content (AvgIpc) is 3.37. The Morgan fingerprint density at radius 3 is 2.23 bits per heavy atom. The summed E-state index contributed by atoms with van der Waals surface area (Å²) in [5, 5.41) is 11.0. The van der Waals surface area contributed by atoms with Crippen molar-refractivity contribution in [3.05, 3.63) is 0 Å². The van der Waals surface area contributed by atoms with E-state index in [1.165, 1.54) is 11.8 Å². The molecule has 39 heavy (non-hydrogen) atoms. The summed E-state index contributed by atoms with van der Waals surface area (Å²) in [5.74, 6) is -2.22. The lowest BCUT2D eigenvalue weighted by molar-refractivity contribution is -0.142. The highest BCUT2D eigenvalue weighted by atomic mass is 16.2. The van der Waals surface area contributed by atoms with Crippen molar-refractivity contribution in [2.75, 3.05) is 19.6 Å². The Hall–Kier alpha value is -3.38. The summed E-state index contributed by atoms with van der Waals surface area (Å²) in [6.45, 7) is 9.89. The maximum absolute atomic E-state index is 13.6. The first-order chi connectivity index (χ1) is 18.5. The minimum atomic E-state index is -0.938. The molecule has 1 aliphatic heterocycles. The van der Waals surface area contributed by atoms with Gasteiger partial charge in [-0.2, -0.15) is 0 Å². The second kappa shape index (κ2) is 17.3. The Bertz CT molecular complexity index is 876. The number of likely N-dealkylation sites (N-methyl/N-ethyl adjacent to an activating group) is 1. The predicted octanol–water partition coefficient (Wildman–Crippen LogP) is -0.512. The van der Waals surface area contributed by atoms with E-state index in [0.29, 0.717) is 51.6 Å². The van der Waals surface area contributed by atoms with E-state index in [4.69, 9.17) is 11.5 Å². The topological polar surface area (TPSA) is 201 Å². The molecule has 222 valence electrons. The van der Waals surface area contributed by atoms with Gasteiger partial charge in [-0.3, -0.25) is 29.0 Å². The Morgan fingerprint density at radius 2 is 1.67 bits per heavy atom. The Balaban J connectivity index is 3.16. The number of carbonyl (C=O) groups is 5. The van der Waals surface area contributed by atoms with Gasteiger partial charge in [-0.25, -0.2) is 0 Å². The van der Waals surface area contributed by atoms with Crippen molar-refractivity contribution in [2.24, 2.45) is 22.4 Å². The van der Waals surface area contributed by atoms with E-state index < -0.39 is 36.0 Å². The van der Waals surface area contributed by atoms with Gasteiger partial charge in [0.25, 0.3) is 0 Å². The lowest BCUT2D eigenvalue weighted by Gasteiger charge is -2.31. The van der Waals surface area contributed by atoms with E-state index in [-0.39, 0.29) is 42.6 Å². The van der Waals surface area contributed by atoms with E-state index in [2.05, 4.69) is 26.3 Å². The molecular formula is C26H48N8O5. The first-order valence-electron chi connectivity index (χ1n) is 14.0. The summed E-state index contributed by atoms with van der Waals surface area (Å²) in [6, 6.07) is -3.24. The molecule has 0 aromatic rings. The van der Waals surface area contributed by atoms with Gasteiger partial charge in [-0.05, 0) is 44.9 Å². The number of nitrogens with zero attached hydrogens (tertiary/aromatic N) is 2. The molecule has 0 aliphatic carbocycles. The molecule has 1 fully saturated rings. The molecule has 0 aromatic heterocycles. The van der Waals surface area contributed by atoms with Gasteiger partial charge in [0.15, 0.2) is 5.96 Å². The molecule has 0 bridgehead atoms. The zero-order chi connectivity index (χ0) is 29.5. The van der Waals surface area contributed by atoms with Crippen LogP contribution in [0.1, 0.15) is 79.6 Å². The SMILES string of the molecule is CCC[C@@H](NC(C)=O)C(=O)N[C@H](C(=O)N[C@@H](CCCN=C(N)N)C(=O)N1CCC[C@H]1C(=O)NCC)[C@@H](C)CC. The van der Waals surface area contributed by atoms with Gasteiger partial charge in [0, 0.05) is 26.6 Å². The third-order valence-electron chi connectivity index (χ3n) is 6.81. The molecule has 0 radical (unpaired) electrons. The lowest BCUT2D eigenvalue weighted by Crippen LogP contribution is -2.59. The third kappa shape index (κ3) is 11.1. The van der Waals surface area contributed by atoms with Crippen LogP contribution in [0.25, 0.3) is 0 Å². The summed E-state index contributed by atoms with van der Waals surface area (Å²) in [4.78, 5) is 69.9. The molecule has 5 amide bonds. The van der Waals surface area contributed by atoms with Gasteiger partial charge in [-0.15, -0.1) is 0 Å². The molecule has 13 heteroatoms. The molecule has 0 spiro atoms. The number of hydrogen-bond donors (Lipinski definition) is 6. The van der Waals surface area contributed by atoms with E-state index >= 15 is 0 Å². The minimum absolute atomic E-state index is 0.0712. The summed E-state index contributed by atoms with van der Waals surface area (Å²) < 4.78 is 0. The van der Waals surface area contributed by atoms with Gasteiger partial charge in [-0.1, -0.05) is 33.6 Å². The van der Waals surface area contributed by atoms with Crippen LogP contribution < -0.4 is 32.7 Å². The monoisotopic (exact) mass is 552 g/mol. The van der Waals surface area contributed by atoms with Crippen LogP contribution in [0.15, 0.2) is 4.99 Å². The summed E-state index contributed by atoms with van der Waals surface area (Å²) in [5.41, 5.74) is 10.8. The largest absolute Gasteiger partial charge is 0.370 e. The van der Waals surface area contributed by atoms with Crippen molar-refractivity contribution in [1.82, 2.24) is 26.2 Å². The van der Waals surface area contributed by atoms with Crippen molar-refractivity contribution < 1.29 is 24.0 Å².